The number of carbonyl (C=O) groups is 1. The van der Waals surface area contributed by atoms with E-state index in [0.717, 1.165) is 19.3 Å². The minimum atomic E-state index is -3.92. The summed E-state index contributed by atoms with van der Waals surface area (Å²) in [5, 5.41) is 2.68. The number of hydrogen-bond donors (Lipinski definition) is 2. The minimum Gasteiger partial charge on any atom is -0.309 e. The Morgan fingerprint density at radius 2 is 1.94 bits per heavy atom. The molecule has 5 nitrogen and oxygen atoms in total. The number of rotatable bonds is 9. The van der Waals surface area contributed by atoms with Crippen LogP contribution in [0, 0.1) is 0 Å². The van der Waals surface area contributed by atoms with Gasteiger partial charge in [0.15, 0.2) is 0 Å². The average Bonchev–Trinajstić information content (AvgIpc) is 2.11. The van der Waals surface area contributed by atoms with Gasteiger partial charge in [-0.25, -0.2) is 0 Å². The van der Waals surface area contributed by atoms with Gasteiger partial charge < -0.3 is 5.32 Å². The quantitative estimate of drug-likeness (QED) is 0.275. The second kappa shape index (κ2) is 10.7. The van der Waals surface area contributed by atoms with Gasteiger partial charge in [-0.15, -0.1) is 0 Å². The predicted octanol–water partition coefficient (Wildman–Crippen LogP) is -2.38. The first kappa shape index (κ1) is 18.9. The van der Waals surface area contributed by atoms with Gasteiger partial charge in [0.05, 0.1) is 12.3 Å². The molecule has 0 bridgehead atoms. The average molecular weight is 260 g/mol. The summed E-state index contributed by atoms with van der Waals surface area (Å²) in [6, 6.07) is 0. The Morgan fingerprint density at radius 3 is 2.44 bits per heavy atom. The molecule has 0 amide bonds. The third-order valence-corrected chi connectivity index (χ3v) is 2.64. The van der Waals surface area contributed by atoms with Crippen molar-refractivity contribution < 1.29 is 47.3 Å². The van der Waals surface area contributed by atoms with E-state index in [1.165, 1.54) is 0 Å². The van der Waals surface area contributed by atoms with Crippen LogP contribution >= 0.6 is 0 Å². The van der Waals surface area contributed by atoms with Crippen LogP contribution in [0.3, 0.4) is 0 Å². The summed E-state index contributed by atoms with van der Waals surface area (Å²) >= 11 is 0. The van der Waals surface area contributed by atoms with Crippen molar-refractivity contribution in [2.45, 2.75) is 32.6 Å². The van der Waals surface area contributed by atoms with Gasteiger partial charge in [0, 0.05) is 13.0 Å². The van der Waals surface area contributed by atoms with Crippen LogP contribution in [0.5, 0.6) is 0 Å². The fourth-order valence-corrected chi connectivity index (χ4v) is 1.49. The Morgan fingerprint density at radius 1 is 1.31 bits per heavy atom. The molecule has 0 unspecified atom stereocenters. The third kappa shape index (κ3) is 14.5. The van der Waals surface area contributed by atoms with Gasteiger partial charge in [-0.2, -0.15) is 8.42 Å². The van der Waals surface area contributed by atoms with Crippen molar-refractivity contribution in [3.05, 3.63) is 0 Å². The molecule has 0 saturated heterocycles. The zero-order valence-corrected chi connectivity index (χ0v) is 12.8. The molecule has 0 aromatic carbocycles. The van der Waals surface area contributed by atoms with Crippen molar-refractivity contribution in [3.63, 3.8) is 0 Å². The molecule has 0 spiro atoms. The van der Waals surface area contributed by atoms with Crippen LogP contribution in [0.1, 0.15) is 32.6 Å². The Balaban J connectivity index is 0. The number of Topliss-reactive ketones (excluding diaryl/α,β-unsaturated/α-hetero) is 1. The van der Waals surface area contributed by atoms with Crippen molar-refractivity contribution in [2.24, 2.45) is 0 Å². The second-order valence-electron chi connectivity index (χ2n) is 3.46. The van der Waals surface area contributed by atoms with E-state index in [9.17, 15) is 13.2 Å². The monoisotopic (exact) mass is 260 g/mol. The number of hydrogen-bond acceptors (Lipinski definition) is 4. The van der Waals surface area contributed by atoms with E-state index in [1.807, 2.05) is 0 Å². The van der Waals surface area contributed by atoms with Crippen LogP contribution in [-0.4, -0.2) is 37.6 Å². The first-order valence-electron chi connectivity index (χ1n) is 5.13. The molecular weight excluding hydrogens is 241 g/mol. The van der Waals surface area contributed by atoms with Crippen molar-refractivity contribution in [1.82, 2.24) is 5.32 Å². The Kier molecular flexibility index (Phi) is 12.6. The van der Waals surface area contributed by atoms with E-state index < -0.39 is 10.1 Å². The van der Waals surface area contributed by atoms with Gasteiger partial charge in [-0.3, -0.25) is 9.35 Å². The molecule has 0 aliphatic carbocycles. The van der Waals surface area contributed by atoms with Gasteiger partial charge >= 0.3 is 29.6 Å². The number of ketones is 1. The molecule has 0 aromatic rings. The van der Waals surface area contributed by atoms with Crippen LogP contribution in [0.2, 0.25) is 0 Å². The summed E-state index contributed by atoms with van der Waals surface area (Å²) in [4.78, 5) is 11.2. The maximum absolute atomic E-state index is 11.2. The van der Waals surface area contributed by atoms with Gasteiger partial charge in [-0.05, 0) is 6.42 Å². The van der Waals surface area contributed by atoms with Crippen LogP contribution in [0.25, 0.3) is 0 Å². The smallest absolute Gasteiger partial charge is 0.309 e. The zero-order chi connectivity index (χ0) is 11.7. The molecule has 0 aromatic heterocycles. The molecule has 0 heterocycles. The molecule has 0 saturated carbocycles. The molecule has 0 rings (SSSR count). The normalized spacial score (nSPS) is 10.9. The number of carbonyl (C=O) groups excluding carboxylic acids is 1. The first-order chi connectivity index (χ1) is 6.95. The summed E-state index contributed by atoms with van der Waals surface area (Å²) in [7, 11) is -3.92. The maximum Gasteiger partial charge on any atom is 1.00 e. The van der Waals surface area contributed by atoms with E-state index >= 15 is 0 Å². The second-order valence-corrected chi connectivity index (χ2v) is 5.03. The Hall–Kier alpha value is 0.540. The summed E-state index contributed by atoms with van der Waals surface area (Å²) in [5.41, 5.74) is 0. The summed E-state index contributed by atoms with van der Waals surface area (Å²) in [6.45, 7) is 2.35. The molecule has 0 radical (unpaired) electrons. The minimum absolute atomic E-state index is 0. The van der Waals surface area contributed by atoms with E-state index in [-0.39, 0.29) is 54.2 Å². The van der Waals surface area contributed by atoms with E-state index in [1.54, 1.807) is 0 Å². The molecule has 0 fully saturated rings. The fourth-order valence-electron chi connectivity index (χ4n) is 1.09. The van der Waals surface area contributed by atoms with E-state index in [0.29, 0.717) is 6.42 Å². The van der Waals surface area contributed by atoms with Crippen molar-refractivity contribution in [1.29, 1.82) is 0 Å². The van der Waals surface area contributed by atoms with Crippen molar-refractivity contribution in [3.8, 4) is 0 Å². The van der Waals surface area contributed by atoms with E-state index in [4.69, 9.17) is 4.55 Å². The van der Waals surface area contributed by atoms with Crippen molar-refractivity contribution >= 4 is 15.9 Å². The third-order valence-electron chi connectivity index (χ3n) is 1.92. The standard InChI is InChI=1S/C9H19NO4S.Na/c1-2-3-4-5-9(11)8-10-6-7-15(12,13)14;/h10H,2-8H2,1H3,(H,12,13,14);/q;+1. The fraction of sp³-hybridized carbons (Fsp3) is 0.889. The number of unbranched alkanes of at least 4 members (excludes halogenated alkanes) is 2. The van der Waals surface area contributed by atoms with Crippen LogP contribution in [0.4, 0.5) is 0 Å². The zero-order valence-electron chi connectivity index (χ0n) is 10.0. The Bertz CT molecular complexity index is 279. The van der Waals surface area contributed by atoms with Crippen LogP contribution in [-0.2, 0) is 14.9 Å². The topological polar surface area (TPSA) is 83.5 Å². The van der Waals surface area contributed by atoms with Crippen molar-refractivity contribution in [2.75, 3.05) is 18.8 Å². The molecule has 16 heavy (non-hydrogen) atoms. The summed E-state index contributed by atoms with van der Waals surface area (Å²) in [5.74, 6) is -0.270. The largest absolute Gasteiger partial charge is 1.00 e. The molecule has 0 atom stereocenters. The number of nitrogens with one attached hydrogen (secondary N) is 1. The summed E-state index contributed by atoms with van der Waals surface area (Å²) in [6.07, 6.45) is 3.53. The van der Waals surface area contributed by atoms with Gasteiger partial charge in [-0.1, -0.05) is 19.8 Å². The molecule has 2 N–H and O–H groups in total. The molecule has 0 aliphatic heterocycles. The van der Waals surface area contributed by atoms with Gasteiger partial charge in [0.1, 0.15) is 5.78 Å². The van der Waals surface area contributed by atoms with Gasteiger partial charge in [0.2, 0.25) is 0 Å². The van der Waals surface area contributed by atoms with Gasteiger partial charge in [0.25, 0.3) is 10.1 Å². The first-order valence-corrected chi connectivity index (χ1v) is 6.74. The SMILES string of the molecule is CCCCCC(=O)CNCCS(=O)(=O)O.[Na+]. The summed E-state index contributed by atoms with van der Waals surface area (Å²) < 4.78 is 29.0. The molecule has 90 valence electrons. The predicted molar refractivity (Wildman–Crippen MR) is 58.4 cm³/mol. The Labute approximate surface area is 119 Å². The van der Waals surface area contributed by atoms with Crippen LogP contribution < -0.4 is 34.9 Å². The molecular formula is C9H19NNaO4S+. The van der Waals surface area contributed by atoms with Crippen LogP contribution in [0.15, 0.2) is 0 Å². The molecule has 7 heteroatoms. The van der Waals surface area contributed by atoms with E-state index in [2.05, 4.69) is 12.2 Å². The molecule has 0 aliphatic rings. The maximum atomic E-state index is 11.2.